The average Bonchev–Trinajstić information content (AvgIpc) is 2.27. The molecule has 4 nitrogen and oxygen atoms in total. The van der Waals surface area contributed by atoms with Gasteiger partial charge in [-0.05, 0) is 12.1 Å². The van der Waals surface area contributed by atoms with Gasteiger partial charge in [-0.25, -0.2) is 4.98 Å². The number of hydrogen-bond donors (Lipinski definition) is 2. The second-order valence-corrected chi connectivity index (χ2v) is 4.35. The van der Waals surface area contributed by atoms with E-state index in [0.717, 1.165) is 23.6 Å². The highest BCUT2D eigenvalue weighted by Gasteiger charge is 2.72. The Hall–Kier alpha value is -1.71. The van der Waals surface area contributed by atoms with Crippen LogP contribution in [-0.2, 0) is 4.79 Å². The minimum atomic E-state index is -5.86. The minimum Gasteiger partial charge on any atom is -0.332 e. The summed E-state index contributed by atoms with van der Waals surface area (Å²) in [5, 5.41) is 2.06. The average molecular weight is 336 g/mol. The van der Waals surface area contributed by atoms with Gasteiger partial charge in [-0.1, -0.05) is 11.6 Å². The van der Waals surface area contributed by atoms with Crippen molar-refractivity contribution < 1.29 is 31.1 Å². The largest absolute Gasteiger partial charge is 0.439 e. The van der Waals surface area contributed by atoms with E-state index in [9.17, 15) is 31.1 Å². The summed E-state index contributed by atoms with van der Waals surface area (Å²) in [6, 6.07) is 1.86. The summed E-state index contributed by atoms with van der Waals surface area (Å²) in [7, 11) is 0. The molecule has 0 spiro atoms. The Morgan fingerprint density at radius 2 is 1.67 bits per heavy atom. The zero-order chi connectivity index (χ0) is 16.5. The van der Waals surface area contributed by atoms with Gasteiger partial charge in [0.1, 0.15) is 5.82 Å². The molecule has 118 valence electrons. The molecule has 11 heteroatoms. The van der Waals surface area contributed by atoms with Crippen LogP contribution in [0.4, 0.5) is 32.2 Å². The maximum atomic E-state index is 12.9. The van der Waals surface area contributed by atoms with Crippen LogP contribution in [0.2, 0.25) is 5.02 Å². The Balaban J connectivity index is 3.35. The normalized spacial score (nSPS) is 13.0. The number of hydrogen-bond acceptors (Lipinski definition) is 3. The van der Waals surface area contributed by atoms with E-state index in [1.165, 1.54) is 5.32 Å². The zero-order valence-electron chi connectivity index (χ0n) is 10.2. The number of halogens is 7. The number of carbonyl (C=O) groups is 1. The molecule has 0 saturated heterocycles. The van der Waals surface area contributed by atoms with Gasteiger partial charge >= 0.3 is 18.0 Å². The number of nitrogens with one attached hydrogen (secondary N) is 2. The third kappa shape index (κ3) is 3.69. The van der Waals surface area contributed by atoms with E-state index < -0.39 is 29.7 Å². The molecule has 0 saturated carbocycles. The quantitative estimate of drug-likeness (QED) is 0.659. The summed E-state index contributed by atoms with van der Waals surface area (Å²) in [5.74, 6) is -2.28. The van der Waals surface area contributed by atoms with E-state index in [4.69, 9.17) is 11.6 Å². The third-order valence-corrected chi connectivity index (χ3v) is 2.48. The number of amides is 1. The molecule has 0 aliphatic carbocycles. The molecule has 0 atom stereocenters. The Morgan fingerprint density at radius 3 is 2.00 bits per heavy atom. The molecular formula is C10H8ClF6N3O. The molecule has 1 amide bonds. The molecular weight excluding hydrogens is 328 g/mol. The van der Waals surface area contributed by atoms with Crippen molar-refractivity contribution in [1.29, 1.82) is 0 Å². The second-order valence-electron chi connectivity index (χ2n) is 3.91. The van der Waals surface area contributed by atoms with Crippen molar-refractivity contribution in [3.05, 3.63) is 23.4 Å². The topological polar surface area (TPSA) is 54.0 Å². The van der Waals surface area contributed by atoms with Gasteiger partial charge in [-0.2, -0.15) is 26.3 Å². The van der Waals surface area contributed by atoms with Crippen molar-refractivity contribution in [2.24, 2.45) is 0 Å². The van der Waals surface area contributed by atoms with Crippen LogP contribution in [0.1, 0.15) is 6.92 Å². The number of carbonyl (C=O) groups excluding carboxylic acids is 1. The Morgan fingerprint density at radius 1 is 1.14 bits per heavy atom. The number of nitrogens with zero attached hydrogens (tertiary/aromatic N) is 1. The van der Waals surface area contributed by atoms with Crippen LogP contribution in [0, 0.1) is 0 Å². The first-order valence-electron chi connectivity index (χ1n) is 5.21. The van der Waals surface area contributed by atoms with Crippen LogP contribution in [-0.4, -0.2) is 28.9 Å². The summed E-state index contributed by atoms with van der Waals surface area (Å²) >= 11 is 5.44. The van der Waals surface area contributed by atoms with Crippen molar-refractivity contribution in [3.63, 3.8) is 0 Å². The highest BCUT2D eigenvalue weighted by molar-refractivity contribution is 6.30. The van der Waals surface area contributed by atoms with E-state index in [1.54, 1.807) is 0 Å². The highest BCUT2D eigenvalue weighted by Crippen LogP contribution is 2.43. The van der Waals surface area contributed by atoms with E-state index in [1.807, 2.05) is 0 Å². The van der Waals surface area contributed by atoms with Crippen molar-refractivity contribution in [2.45, 2.75) is 24.9 Å². The van der Waals surface area contributed by atoms with E-state index in [0.29, 0.717) is 6.92 Å². The summed E-state index contributed by atoms with van der Waals surface area (Å²) in [5.41, 5.74) is -4.66. The van der Waals surface area contributed by atoms with Gasteiger partial charge in [-0.3, -0.25) is 4.79 Å². The first kappa shape index (κ1) is 17.3. The Labute approximate surface area is 119 Å². The number of alkyl halides is 6. The molecule has 0 radical (unpaired) electrons. The number of rotatable bonds is 3. The lowest BCUT2D eigenvalue weighted by molar-refractivity contribution is -0.295. The fourth-order valence-corrected chi connectivity index (χ4v) is 1.49. The molecule has 21 heavy (non-hydrogen) atoms. The smallest absolute Gasteiger partial charge is 0.332 e. The lowest BCUT2D eigenvalue weighted by Gasteiger charge is -2.38. The van der Waals surface area contributed by atoms with Gasteiger partial charge in [0.25, 0.3) is 0 Å². The Bertz CT molecular complexity index is 499. The standard InChI is InChI=1S/C10H8ClF6N3O/c1-5(21)19-8(9(12,13)14,10(15,16)17)20-7-3-2-6(11)4-18-7/h2-4H,1H3,(H,18,20)(H,19,21). The van der Waals surface area contributed by atoms with E-state index in [2.05, 4.69) is 4.98 Å². The third-order valence-electron chi connectivity index (χ3n) is 2.26. The van der Waals surface area contributed by atoms with Gasteiger partial charge in [0.2, 0.25) is 5.91 Å². The maximum absolute atomic E-state index is 12.9. The molecule has 0 aromatic carbocycles. The molecule has 0 aliphatic rings. The fraction of sp³-hybridized carbons (Fsp3) is 0.400. The SMILES string of the molecule is CC(=O)NC(Nc1ccc(Cl)cn1)(C(F)(F)F)C(F)(F)F. The molecule has 0 fully saturated rings. The molecule has 1 heterocycles. The van der Waals surface area contributed by atoms with Gasteiger partial charge < -0.3 is 10.6 Å². The summed E-state index contributed by atoms with van der Waals surface area (Å²) in [4.78, 5) is 14.1. The minimum absolute atomic E-state index is 0.0182. The van der Waals surface area contributed by atoms with Crippen LogP contribution >= 0.6 is 11.6 Å². The number of anilines is 1. The number of pyridine rings is 1. The Kier molecular flexibility index (Phi) is 4.61. The van der Waals surface area contributed by atoms with Crippen LogP contribution < -0.4 is 10.6 Å². The zero-order valence-corrected chi connectivity index (χ0v) is 11.0. The van der Waals surface area contributed by atoms with Gasteiger partial charge in [0.05, 0.1) is 5.02 Å². The first-order chi connectivity index (χ1) is 9.39. The van der Waals surface area contributed by atoms with Crippen molar-refractivity contribution in [1.82, 2.24) is 10.3 Å². The maximum Gasteiger partial charge on any atom is 0.439 e. The predicted molar refractivity (Wildman–Crippen MR) is 61.5 cm³/mol. The van der Waals surface area contributed by atoms with Gasteiger partial charge in [0.15, 0.2) is 0 Å². The van der Waals surface area contributed by atoms with Crippen LogP contribution in [0.3, 0.4) is 0 Å². The van der Waals surface area contributed by atoms with E-state index >= 15 is 0 Å². The number of aromatic nitrogens is 1. The lowest BCUT2D eigenvalue weighted by Crippen LogP contribution is -2.72. The molecule has 1 aromatic heterocycles. The second kappa shape index (κ2) is 5.58. The van der Waals surface area contributed by atoms with Crippen LogP contribution in [0.25, 0.3) is 0 Å². The highest BCUT2D eigenvalue weighted by atomic mass is 35.5. The van der Waals surface area contributed by atoms with Crippen LogP contribution in [0.5, 0.6) is 0 Å². The summed E-state index contributed by atoms with van der Waals surface area (Å²) in [6.07, 6.45) is -10.9. The molecule has 0 unspecified atom stereocenters. The van der Waals surface area contributed by atoms with Crippen molar-refractivity contribution >= 4 is 23.3 Å². The van der Waals surface area contributed by atoms with Gasteiger partial charge in [-0.15, -0.1) is 0 Å². The van der Waals surface area contributed by atoms with Crippen LogP contribution in [0.15, 0.2) is 18.3 Å². The monoisotopic (exact) mass is 335 g/mol. The van der Waals surface area contributed by atoms with E-state index in [-0.39, 0.29) is 5.02 Å². The molecule has 0 bridgehead atoms. The molecule has 2 N–H and O–H groups in total. The lowest BCUT2D eigenvalue weighted by atomic mass is 10.1. The predicted octanol–water partition coefficient (Wildman–Crippen LogP) is 3.10. The fourth-order valence-electron chi connectivity index (χ4n) is 1.38. The molecule has 1 aromatic rings. The van der Waals surface area contributed by atoms with Crippen molar-refractivity contribution in [3.8, 4) is 0 Å². The summed E-state index contributed by atoms with van der Waals surface area (Å²) in [6.45, 7) is 0.531. The summed E-state index contributed by atoms with van der Waals surface area (Å²) < 4.78 is 77.7. The van der Waals surface area contributed by atoms with Crippen molar-refractivity contribution in [2.75, 3.05) is 5.32 Å². The first-order valence-corrected chi connectivity index (χ1v) is 5.59. The molecule has 1 rings (SSSR count). The van der Waals surface area contributed by atoms with Gasteiger partial charge in [0, 0.05) is 13.1 Å². The molecule has 0 aliphatic heterocycles.